The largest absolute Gasteiger partial charge is 0.486 e. The smallest absolute Gasteiger partial charge is 0.225 e. The molecule has 0 bridgehead atoms. The Morgan fingerprint density at radius 3 is 2.44 bits per heavy atom. The van der Waals surface area contributed by atoms with E-state index in [0.29, 0.717) is 43.5 Å². The van der Waals surface area contributed by atoms with Crippen molar-refractivity contribution in [3.8, 4) is 11.5 Å². The lowest BCUT2D eigenvalue weighted by Gasteiger charge is -2.22. The molecule has 0 aromatic heterocycles. The molecular weight excluding hydrogens is 346 g/mol. The summed E-state index contributed by atoms with van der Waals surface area (Å²) in [4.78, 5) is 14.0. The van der Waals surface area contributed by atoms with E-state index in [1.807, 2.05) is 19.0 Å². The molecule has 140 valence electrons. The van der Waals surface area contributed by atoms with Gasteiger partial charge in [0.2, 0.25) is 15.9 Å². The molecule has 1 aromatic rings. The Morgan fingerprint density at radius 2 is 1.80 bits per heavy atom. The number of amides is 1. The first-order valence-electron chi connectivity index (χ1n) is 8.05. The maximum absolute atomic E-state index is 12.1. The zero-order valence-corrected chi connectivity index (χ0v) is 15.6. The molecule has 0 spiro atoms. The second kappa shape index (κ2) is 8.50. The van der Waals surface area contributed by atoms with Gasteiger partial charge >= 0.3 is 0 Å². The molecule has 1 N–H and O–H groups in total. The Morgan fingerprint density at radius 1 is 1.12 bits per heavy atom. The molecule has 0 saturated carbocycles. The molecule has 25 heavy (non-hydrogen) atoms. The van der Waals surface area contributed by atoms with E-state index in [4.69, 9.17) is 9.47 Å². The van der Waals surface area contributed by atoms with Crippen molar-refractivity contribution in [1.82, 2.24) is 9.21 Å². The van der Waals surface area contributed by atoms with E-state index >= 15 is 0 Å². The van der Waals surface area contributed by atoms with Crippen LogP contribution in [-0.4, -0.2) is 76.7 Å². The number of benzene rings is 1. The van der Waals surface area contributed by atoms with Crippen LogP contribution in [0.2, 0.25) is 0 Å². The topological polar surface area (TPSA) is 88.2 Å². The first kappa shape index (κ1) is 19.5. The number of hydrogen-bond donors (Lipinski definition) is 1. The molecule has 9 heteroatoms. The van der Waals surface area contributed by atoms with E-state index in [2.05, 4.69) is 5.32 Å². The summed E-state index contributed by atoms with van der Waals surface area (Å²) in [5.74, 6) is 0.985. The molecule has 0 saturated heterocycles. The van der Waals surface area contributed by atoms with Crippen LogP contribution in [0.5, 0.6) is 11.5 Å². The summed E-state index contributed by atoms with van der Waals surface area (Å²) >= 11 is 0. The summed E-state index contributed by atoms with van der Waals surface area (Å²) in [6.07, 6.45) is 1.23. The van der Waals surface area contributed by atoms with Crippen molar-refractivity contribution in [2.45, 2.75) is 6.42 Å². The average molecular weight is 371 g/mol. The Hall–Kier alpha value is -1.84. The fraction of sp³-hybridized carbons (Fsp3) is 0.562. The first-order valence-corrected chi connectivity index (χ1v) is 9.90. The molecule has 0 aliphatic carbocycles. The van der Waals surface area contributed by atoms with Gasteiger partial charge in [-0.3, -0.25) is 4.79 Å². The van der Waals surface area contributed by atoms with Crippen LogP contribution in [0, 0.1) is 0 Å². The van der Waals surface area contributed by atoms with Crippen LogP contribution < -0.4 is 14.8 Å². The van der Waals surface area contributed by atoms with Crippen molar-refractivity contribution >= 4 is 21.6 Å². The lowest BCUT2D eigenvalue weighted by molar-refractivity contribution is -0.116. The van der Waals surface area contributed by atoms with Gasteiger partial charge in [0.1, 0.15) is 13.2 Å². The summed E-state index contributed by atoms with van der Waals surface area (Å²) < 4.78 is 35.9. The standard InChI is InChI=1S/C16H25N3O5S/c1-18(2)8-9-19(25(3,21)22)7-6-16(20)17-13-4-5-14-15(12-13)24-11-10-23-14/h4-5,12H,6-11H2,1-3H3,(H,17,20). The third-order valence-electron chi connectivity index (χ3n) is 3.68. The third-order valence-corrected chi connectivity index (χ3v) is 4.98. The van der Waals surface area contributed by atoms with Crippen molar-refractivity contribution in [3.63, 3.8) is 0 Å². The van der Waals surface area contributed by atoms with E-state index in [1.54, 1.807) is 18.2 Å². The number of nitrogens with one attached hydrogen (secondary N) is 1. The van der Waals surface area contributed by atoms with Crippen molar-refractivity contribution < 1.29 is 22.7 Å². The number of carbonyl (C=O) groups excluding carboxylic acids is 1. The van der Waals surface area contributed by atoms with Gasteiger partial charge in [-0.05, 0) is 26.2 Å². The van der Waals surface area contributed by atoms with Crippen LogP contribution in [0.3, 0.4) is 0 Å². The van der Waals surface area contributed by atoms with Crippen LogP contribution in [0.4, 0.5) is 5.69 Å². The zero-order chi connectivity index (χ0) is 18.4. The number of sulfonamides is 1. The van der Waals surface area contributed by atoms with Crippen molar-refractivity contribution in [1.29, 1.82) is 0 Å². The SMILES string of the molecule is CN(C)CCN(CCC(=O)Nc1ccc2c(c1)OCCO2)S(C)(=O)=O. The van der Waals surface area contributed by atoms with E-state index in [0.717, 1.165) is 6.26 Å². The Labute approximate surface area is 148 Å². The normalized spacial score (nSPS) is 14.0. The molecule has 1 heterocycles. The van der Waals surface area contributed by atoms with Gasteiger partial charge in [-0.15, -0.1) is 0 Å². The number of hydrogen-bond acceptors (Lipinski definition) is 6. The molecule has 2 rings (SSSR count). The highest BCUT2D eigenvalue weighted by Gasteiger charge is 2.18. The lowest BCUT2D eigenvalue weighted by Crippen LogP contribution is -2.37. The minimum atomic E-state index is -3.35. The first-order chi connectivity index (χ1) is 11.8. The fourth-order valence-electron chi connectivity index (χ4n) is 2.33. The van der Waals surface area contributed by atoms with E-state index in [9.17, 15) is 13.2 Å². The van der Waals surface area contributed by atoms with Crippen LogP contribution >= 0.6 is 0 Å². The second-order valence-electron chi connectivity index (χ2n) is 6.12. The monoisotopic (exact) mass is 371 g/mol. The third kappa shape index (κ3) is 6.18. The van der Waals surface area contributed by atoms with Gasteiger partial charge in [-0.25, -0.2) is 12.7 Å². The highest BCUT2D eigenvalue weighted by Crippen LogP contribution is 2.32. The molecular formula is C16H25N3O5S. The number of fused-ring (bicyclic) bond motifs is 1. The van der Waals surface area contributed by atoms with Crippen LogP contribution in [-0.2, 0) is 14.8 Å². The summed E-state index contributed by atoms with van der Waals surface area (Å²) in [5.41, 5.74) is 0.591. The number of rotatable bonds is 8. The maximum atomic E-state index is 12.1. The van der Waals surface area contributed by atoms with E-state index in [-0.39, 0.29) is 18.9 Å². The predicted molar refractivity (Wildman–Crippen MR) is 95.6 cm³/mol. The molecule has 1 aromatic carbocycles. The zero-order valence-electron chi connectivity index (χ0n) is 14.8. The molecule has 0 radical (unpaired) electrons. The van der Waals surface area contributed by atoms with Crippen molar-refractivity contribution in [2.24, 2.45) is 0 Å². The van der Waals surface area contributed by atoms with Gasteiger partial charge in [0.15, 0.2) is 11.5 Å². The minimum absolute atomic E-state index is 0.0783. The maximum Gasteiger partial charge on any atom is 0.225 e. The van der Waals surface area contributed by atoms with Gasteiger partial charge in [0.25, 0.3) is 0 Å². The molecule has 0 atom stereocenters. The Bertz CT molecular complexity index is 706. The van der Waals surface area contributed by atoms with Gasteiger partial charge in [-0.1, -0.05) is 0 Å². The second-order valence-corrected chi connectivity index (χ2v) is 8.10. The molecule has 1 amide bonds. The number of likely N-dealkylation sites (N-methyl/N-ethyl adjacent to an activating group) is 1. The lowest BCUT2D eigenvalue weighted by atomic mass is 10.2. The molecule has 8 nitrogen and oxygen atoms in total. The van der Waals surface area contributed by atoms with Crippen LogP contribution in [0.15, 0.2) is 18.2 Å². The number of ether oxygens (including phenoxy) is 2. The highest BCUT2D eigenvalue weighted by molar-refractivity contribution is 7.88. The van der Waals surface area contributed by atoms with E-state index in [1.165, 1.54) is 4.31 Å². The summed E-state index contributed by atoms with van der Waals surface area (Å²) in [7, 11) is 0.389. The van der Waals surface area contributed by atoms with Gasteiger partial charge < -0.3 is 19.7 Å². The summed E-state index contributed by atoms with van der Waals surface area (Å²) in [6.45, 7) is 2.07. The minimum Gasteiger partial charge on any atom is -0.486 e. The molecule has 1 aliphatic heterocycles. The molecule has 1 aliphatic rings. The number of nitrogens with zero attached hydrogens (tertiary/aromatic N) is 2. The average Bonchev–Trinajstić information content (AvgIpc) is 2.53. The number of carbonyl (C=O) groups is 1. The Balaban J connectivity index is 1.90. The fourth-order valence-corrected chi connectivity index (χ4v) is 3.16. The Kier molecular flexibility index (Phi) is 6.63. The van der Waals surface area contributed by atoms with E-state index < -0.39 is 10.0 Å². The van der Waals surface area contributed by atoms with Crippen LogP contribution in [0.1, 0.15) is 6.42 Å². The molecule has 0 unspecified atom stereocenters. The summed E-state index contributed by atoms with van der Waals surface area (Å²) in [6, 6.07) is 5.17. The highest BCUT2D eigenvalue weighted by atomic mass is 32.2. The van der Waals surface area contributed by atoms with Gasteiger partial charge in [-0.2, -0.15) is 0 Å². The quantitative estimate of drug-likeness (QED) is 0.720. The van der Waals surface area contributed by atoms with Crippen molar-refractivity contribution in [2.75, 3.05) is 58.5 Å². The summed E-state index contributed by atoms with van der Waals surface area (Å²) in [5, 5.41) is 2.76. The van der Waals surface area contributed by atoms with Gasteiger partial charge in [0.05, 0.1) is 6.26 Å². The molecule has 0 fully saturated rings. The predicted octanol–water partition coefficient (Wildman–Crippen LogP) is 0.610. The number of anilines is 1. The van der Waals surface area contributed by atoms with Gasteiger partial charge in [0, 0.05) is 37.8 Å². The van der Waals surface area contributed by atoms with Crippen molar-refractivity contribution in [3.05, 3.63) is 18.2 Å². The van der Waals surface area contributed by atoms with Crippen LogP contribution in [0.25, 0.3) is 0 Å².